The first-order valence-electron chi connectivity index (χ1n) is 13.8. The third-order valence-electron chi connectivity index (χ3n) is 8.49. The quantitative estimate of drug-likeness (QED) is 0.208. The van der Waals surface area contributed by atoms with Crippen LogP contribution in [0, 0.1) is 0 Å². The molecule has 0 saturated carbocycles. The summed E-state index contributed by atoms with van der Waals surface area (Å²) in [5, 5.41) is 10.7. The zero-order valence-corrected chi connectivity index (χ0v) is 22.5. The molecule has 1 heteroatoms. The van der Waals surface area contributed by atoms with E-state index < -0.39 is 0 Å². The van der Waals surface area contributed by atoms with Gasteiger partial charge in [-0.2, -0.15) is 0 Å². The molecule has 1 aromatic heterocycles. The fourth-order valence-electron chi connectivity index (χ4n) is 6.70. The minimum Gasteiger partial charge on any atom is -0.309 e. The molecule has 0 aliphatic heterocycles. The zero-order chi connectivity index (χ0) is 26.3. The van der Waals surface area contributed by atoms with E-state index in [1.165, 1.54) is 76.5 Å². The van der Waals surface area contributed by atoms with Crippen molar-refractivity contribution in [3.05, 3.63) is 127 Å². The third kappa shape index (κ3) is 3.20. The molecule has 0 saturated heterocycles. The van der Waals surface area contributed by atoms with E-state index in [9.17, 15) is 0 Å². The van der Waals surface area contributed by atoms with Crippen LogP contribution >= 0.6 is 0 Å². The smallest absolute Gasteiger partial charge is 0.0541 e. The molecule has 186 valence electrons. The first kappa shape index (κ1) is 22.4. The summed E-state index contributed by atoms with van der Waals surface area (Å²) in [5.74, 6) is 0. The molecule has 0 fully saturated rings. The lowest BCUT2D eigenvalue weighted by molar-refractivity contribution is 0.596. The van der Waals surface area contributed by atoms with Crippen molar-refractivity contribution in [2.24, 2.45) is 0 Å². The highest BCUT2D eigenvalue weighted by atomic mass is 15.0. The van der Waals surface area contributed by atoms with Crippen molar-refractivity contribution >= 4 is 54.1 Å². The highest BCUT2D eigenvalue weighted by Gasteiger charge is 2.20. The van der Waals surface area contributed by atoms with E-state index in [4.69, 9.17) is 0 Å². The molecule has 7 aromatic carbocycles. The van der Waals surface area contributed by atoms with Crippen LogP contribution in [-0.4, -0.2) is 4.57 Å². The SMILES string of the molecule is CC(C)(C)c1ccc2ccc3ccc(-c4ccc(-n5c6ccccc6c6ccccc65)cc4)c4ccc1c2c34. The largest absolute Gasteiger partial charge is 0.309 e. The maximum Gasteiger partial charge on any atom is 0.0541 e. The summed E-state index contributed by atoms with van der Waals surface area (Å²) in [6.45, 7) is 6.93. The van der Waals surface area contributed by atoms with E-state index >= 15 is 0 Å². The molecule has 0 spiro atoms. The van der Waals surface area contributed by atoms with Gasteiger partial charge in [-0.1, -0.05) is 118 Å². The van der Waals surface area contributed by atoms with Gasteiger partial charge in [0.05, 0.1) is 11.0 Å². The number of rotatable bonds is 2. The molecule has 1 nitrogen and oxygen atoms in total. The number of benzene rings is 7. The second kappa shape index (κ2) is 7.94. The summed E-state index contributed by atoms with van der Waals surface area (Å²) in [6, 6.07) is 44.9. The molecule has 0 N–H and O–H groups in total. The number of aromatic nitrogens is 1. The predicted molar refractivity (Wildman–Crippen MR) is 169 cm³/mol. The Balaban J connectivity index is 1.33. The standard InChI is InChI=1S/C38H29N/c1-38(2,3)33-23-17-26-13-12-25-16-20-28(31-21-22-32(33)37(26)36(25)31)24-14-18-27(19-15-24)39-34-10-6-4-8-29(34)30-9-5-7-11-35(30)39/h4-23H,1-3H3. The zero-order valence-electron chi connectivity index (χ0n) is 22.5. The Kier molecular flexibility index (Phi) is 4.56. The van der Waals surface area contributed by atoms with Crippen LogP contribution in [0.25, 0.3) is 70.9 Å². The van der Waals surface area contributed by atoms with Crippen LogP contribution in [0.3, 0.4) is 0 Å². The lowest BCUT2D eigenvalue weighted by Crippen LogP contribution is -2.11. The van der Waals surface area contributed by atoms with Gasteiger partial charge < -0.3 is 4.57 Å². The first-order chi connectivity index (χ1) is 19.0. The molecule has 0 aliphatic rings. The molecule has 0 atom stereocenters. The average Bonchev–Trinajstić information content (AvgIpc) is 3.30. The maximum atomic E-state index is 2.38. The average molecular weight is 500 g/mol. The lowest BCUT2D eigenvalue weighted by atomic mass is 9.80. The van der Waals surface area contributed by atoms with Crippen molar-refractivity contribution < 1.29 is 0 Å². The Bertz CT molecular complexity index is 2130. The van der Waals surface area contributed by atoms with Crippen LogP contribution in [-0.2, 0) is 5.41 Å². The second-order valence-electron chi connectivity index (χ2n) is 11.8. The van der Waals surface area contributed by atoms with Crippen LogP contribution in [0.15, 0.2) is 121 Å². The fraction of sp³-hybridized carbons (Fsp3) is 0.105. The van der Waals surface area contributed by atoms with E-state index in [2.05, 4.69) is 147 Å². The first-order valence-corrected chi connectivity index (χ1v) is 13.8. The highest BCUT2D eigenvalue weighted by molar-refractivity contribution is 6.26. The molecule has 8 rings (SSSR count). The molecule has 0 unspecified atom stereocenters. The summed E-state index contributed by atoms with van der Waals surface area (Å²) in [6.07, 6.45) is 0. The van der Waals surface area contributed by atoms with Gasteiger partial charge in [0.1, 0.15) is 0 Å². The van der Waals surface area contributed by atoms with Crippen LogP contribution < -0.4 is 0 Å². The van der Waals surface area contributed by atoms with Gasteiger partial charge in [-0.05, 0) is 78.7 Å². The molecular weight excluding hydrogens is 470 g/mol. The van der Waals surface area contributed by atoms with E-state index in [1.54, 1.807) is 0 Å². The molecule has 39 heavy (non-hydrogen) atoms. The van der Waals surface area contributed by atoms with Crippen LogP contribution in [0.4, 0.5) is 0 Å². The number of hydrogen-bond donors (Lipinski definition) is 0. The monoisotopic (exact) mass is 499 g/mol. The van der Waals surface area contributed by atoms with Crippen molar-refractivity contribution in [2.75, 3.05) is 0 Å². The highest BCUT2D eigenvalue weighted by Crippen LogP contribution is 2.42. The molecular formula is C38H29N. The van der Waals surface area contributed by atoms with Crippen molar-refractivity contribution in [3.8, 4) is 16.8 Å². The number of fused-ring (bicyclic) bond motifs is 3. The van der Waals surface area contributed by atoms with Crippen LogP contribution in [0.1, 0.15) is 26.3 Å². The van der Waals surface area contributed by atoms with Crippen LogP contribution in [0.5, 0.6) is 0 Å². The Hall–Kier alpha value is -4.62. The van der Waals surface area contributed by atoms with E-state index in [-0.39, 0.29) is 5.41 Å². The van der Waals surface area contributed by atoms with Gasteiger partial charge >= 0.3 is 0 Å². The second-order valence-corrected chi connectivity index (χ2v) is 11.8. The molecule has 0 aliphatic carbocycles. The minimum absolute atomic E-state index is 0.0911. The van der Waals surface area contributed by atoms with Crippen molar-refractivity contribution in [3.63, 3.8) is 0 Å². The molecule has 0 bridgehead atoms. The fourth-order valence-corrected chi connectivity index (χ4v) is 6.70. The Morgan fingerprint density at radius 1 is 0.462 bits per heavy atom. The Morgan fingerprint density at radius 3 is 1.64 bits per heavy atom. The summed E-state index contributed by atoms with van der Waals surface area (Å²) < 4.78 is 2.38. The third-order valence-corrected chi connectivity index (χ3v) is 8.49. The van der Waals surface area contributed by atoms with Gasteiger partial charge in [0.2, 0.25) is 0 Å². The van der Waals surface area contributed by atoms with Gasteiger partial charge in [0.15, 0.2) is 0 Å². The van der Waals surface area contributed by atoms with Gasteiger partial charge in [0.25, 0.3) is 0 Å². The number of para-hydroxylation sites is 2. The van der Waals surface area contributed by atoms with Gasteiger partial charge in [-0.25, -0.2) is 0 Å². The summed E-state index contributed by atoms with van der Waals surface area (Å²) in [5.41, 5.74) is 7.69. The number of nitrogens with zero attached hydrogens (tertiary/aromatic N) is 1. The maximum absolute atomic E-state index is 2.38. The Labute approximate surface area is 228 Å². The van der Waals surface area contributed by atoms with E-state index in [0.29, 0.717) is 0 Å². The summed E-state index contributed by atoms with van der Waals surface area (Å²) in [4.78, 5) is 0. The van der Waals surface area contributed by atoms with E-state index in [1.807, 2.05) is 0 Å². The van der Waals surface area contributed by atoms with Crippen molar-refractivity contribution in [1.82, 2.24) is 4.57 Å². The van der Waals surface area contributed by atoms with Gasteiger partial charge in [-0.3, -0.25) is 0 Å². The van der Waals surface area contributed by atoms with Crippen molar-refractivity contribution in [1.29, 1.82) is 0 Å². The van der Waals surface area contributed by atoms with E-state index in [0.717, 1.165) is 0 Å². The molecule has 0 radical (unpaired) electrons. The predicted octanol–water partition coefficient (Wildman–Crippen LogP) is 10.6. The topological polar surface area (TPSA) is 4.93 Å². The lowest BCUT2D eigenvalue weighted by Gasteiger charge is -2.23. The summed E-state index contributed by atoms with van der Waals surface area (Å²) in [7, 11) is 0. The van der Waals surface area contributed by atoms with Gasteiger partial charge in [-0.15, -0.1) is 0 Å². The Morgan fingerprint density at radius 2 is 1.00 bits per heavy atom. The molecule has 8 aromatic rings. The molecule has 0 amide bonds. The molecule has 1 heterocycles. The van der Waals surface area contributed by atoms with Crippen LogP contribution in [0.2, 0.25) is 0 Å². The van der Waals surface area contributed by atoms with Crippen molar-refractivity contribution in [2.45, 2.75) is 26.2 Å². The van der Waals surface area contributed by atoms with Gasteiger partial charge in [0, 0.05) is 16.5 Å². The minimum atomic E-state index is 0.0911. The summed E-state index contributed by atoms with van der Waals surface area (Å²) >= 11 is 0. The normalized spacial score (nSPS) is 12.5. The number of hydrogen-bond acceptors (Lipinski definition) is 0.